The second-order valence-electron chi connectivity index (χ2n) is 16.2. The minimum absolute atomic E-state index is 0.0651. The molecule has 50 heavy (non-hydrogen) atoms. The van der Waals surface area contributed by atoms with Crippen LogP contribution in [-0.2, 0) is 23.8 Å². The van der Waals surface area contributed by atoms with E-state index in [1.54, 1.807) is 4.90 Å². The maximum Gasteiger partial charge on any atom is 0.409 e. The van der Waals surface area contributed by atoms with Crippen LogP contribution in [0.2, 0.25) is 0 Å². The molecule has 0 aromatic rings. The Balaban J connectivity index is 1.12. The number of unbranched alkanes of at least 4 members (excludes halogenated alkanes) is 8. The highest BCUT2D eigenvalue weighted by Gasteiger charge is 2.51. The summed E-state index contributed by atoms with van der Waals surface area (Å²) in [5.41, 5.74) is 0.113. The molecule has 8 heteroatoms. The van der Waals surface area contributed by atoms with Gasteiger partial charge in [-0.05, 0) is 113 Å². The zero-order chi connectivity index (χ0) is 35.4. The lowest BCUT2D eigenvalue weighted by Gasteiger charge is -2.56. The molecule has 1 aliphatic heterocycles. The molecule has 8 nitrogen and oxygen atoms in total. The molecular formula is C42H70N2O6. The smallest absolute Gasteiger partial charge is 0.409 e. The first kappa shape index (κ1) is 40.4. The van der Waals surface area contributed by atoms with E-state index in [4.69, 9.17) is 14.2 Å². The Morgan fingerprint density at radius 1 is 0.660 bits per heavy atom. The Labute approximate surface area is 304 Å². The van der Waals surface area contributed by atoms with Crippen molar-refractivity contribution in [1.29, 1.82) is 0 Å². The summed E-state index contributed by atoms with van der Waals surface area (Å²) in [7, 11) is 0. The summed E-state index contributed by atoms with van der Waals surface area (Å²) in [4.78, 5) is 42.8. The van der Waals surface area contributed by atoms with E-state index < -0.39 is 0 Å². The Kier molecular flexibility index (Phi) is 18.2. The maximum absolute atomic E-state index is 13.2. The maximum atomic E-state index is 13.2. The average molecular weight is 699 g/mol. The molecule has 0 aromatic carbocycles. The van der Waals surface area contributed by atoms with Gasteiger partial charge in [-0.25, -0.2) is 4.79 Å². The lowest BCUT2D eigenvalue weighted by molar-refractivity contribution is -0.155. The molecule has 4 aliphatic carbocycles. The van der Waals surface area contributed by atoms with Gasteiger partial charge < -0.3 is 19.1 Å². The van der Waals surface area contributed by atoms with E-state index in [9.17, 15) is 14.4 Å². The van der Waals surface area contributed by atoms with Crippen LogP contribution in [0.15, 0.2) is 24.3 Å². The summed E-state index contributed by atoms with van der Waals surface area (Å²) in [6.07, 6.45) is 30.7. The number of carbonyl (C=O) groups is 3. The van der Waals surface area contributed by atoms with Crippen LogP contribution >= 0.6 is 0 Å². The van der Waals surface area contributed by atoms with Crippen LogP contribution in [0, 0.1) is 29.1 Å². The van der Waals surface area contributed by atoms with Gasteiger partial charge in [-0.15, -0.1) is 0 Å². The highest BCUT2D eigenvalue weighted by molar-refractivity contribution is 5.71. The average Bonchev–Trinajstić information content (AvgIpc) is 3.09. The van der Waals surface area contributed by atoms with Gasteiger partial charge in [0.05, 0.1) is 12.3 Å². The Morgan fingerprint density at radius 2 is 1.22 bits per heavy atom. The summed E-state index contributed by atoms with van der Waals surface area (Å²) in [6.45, 7) is 8.68. The van der Waals surface area contributed by atoms with Crippen molar-refractivity contribution in [2.75, 3.05) is 52.5 Å². The van der Waals surface area contributed by atoms with Gasteiger partial charge in [-0.3, -0.25) is 14.5 Å². The second kappa shape index (κ2) is 22.6. The van der Waals surface area contributed by atoms with Crippen molar-refractivity contribution in [1.82, 2.24) is 9.80 Å². The quantitative estimate of drug-likeness (QED) is 0.0430. The summed E-state index contributed by atoms with van der Waals surface area (Å²) in [6, 6.07) is 0. The van der Waals surface area contributed by atoms with Gasteiger partial charge in [-0.1, -0.05) is 70.3 Å². The zero-order valence-corrected chi connectivity index (χ0v) is 31.8. The normalized spacial score (nSPS) is 25.4. The van der Waals surface area contributed by atoms with Crippen molar-refractivity contribution in [3.8, 4) is 0 Å². The number of allylic oxidation sites excluding steroid dienone is 4. The highest BCUT2D eigenvalue weighted by Crippen LogP contribution is 2.61. The third kappa shape index (κ3) is 14.7. The minimum atomic E-state index is -0.380. The number of hydrogen-bond donors (Lipinski definition) is 0. The number of piperazine rings is 1. The Hall–Kier alpha value is -2.35. The largest absolute Gasteiger partial charge is 0.465 e. The molecule has 1 heterocycles. The molecule has 1 unspecified atom stereocenters. The lowest BCUT2D eigenvalue weighted by Crippen LogP contribution is -2.49. The number of rotatable bonds is 24. The standard InChI is InChI=1S/C42H70N2O6/c1-3-5-6-7-8-9-10-11-12-13-14-15-16-17-18-19-39(45)48-32-38(34-50-41(47)44-23-21-43(20-4-2)22-24-44)33-49-40(46)31-42-28-35-25-36(29-42)27-37(26-35)30-42/h8-9,11-12,35-38H,3-7,10,13-34H2,1-2H3/b9-8-,12-11-. The van der Waals surface area contributed by atoms with Crippen LogP contribution in [-0.4, -0.2) is 80.4 Å². The van der Waals surface area contributed by atoms with E-state index >= 15 is 0 Å². The predicted molar refractivity (Wildman–Crippen MR) is 200 cm³/mol. The fourth-order valence-corrected chi connectivity index (χ4v) is 9.33. The molecule has 1 atom stereocenters. The molecule has 4 bridgehead atoms. The van der Waals surface area contributed by atoms with Gasteiger partial charge >= 0.3 is 18.0 Å². The van der Waals surface area contributed by atoms with Crippen LogP contribution in [0.4, 0.5) is 4.79 Å². The van der Waals surface area contributed by atoms with Gasteiger partial charge in [0.15, 0.2) is 0 Å². The van der Waals surface area contributed by atoms with Gasteiger partial charge in [0.2, 0.25) is 0 Å². The van der Waals surface area contributed by atoms with Crippen molar-refractivity contribution < 1.29 is 28.6 Å². The number of nitrogens with zero attached hydrogens (tertiary/aromatic N) is 2. The second-order valence-corrected chi connectivity index (χ2v) is 16.2. The first-order valence-corrected chi connectivity index (χ1v) is 20.6. The van der Waals surface area contributed by atoms with Crippen molar-refractivity contribution in [3.05, 3.63) is 24.3 Å². The van der Waals surface area contributed by atoms with Crippen molar-refractivity contribution in [2.45, 2.75) is 142 Å². The number of esters is 2. The number of carbonyl (C=O) groups excluding carboxylic acids is 3. The molecule has 0 aromatic heterocycles. The first-order valence-electron chi connectivity index (χ1n) is 20.6. The molecule has 284 valence electrons. The van der Waals surface area contributed by atoms with Crippen LogP contribution < -0.4 is 0 Å². The molecule has 5 fully saturated rings. The summed E-state index contributed by atoms with van der Waals surface area (Å²) in [5.74, 6) is 1.57. The molecule has 4 saturated carbocycles. The third-order valence-electron chi connectivity index (χ3n) is 11.6. The van der Waals surface area contributed by atoms with E-state index in [2.05, 4.69) is 43.1 Å². The summed E-state index contributed by atoms with van der Waals surface area (Å²) in [5, 5.41) is 0. The first-order chi connectivity index (χ1) is 24.4. The van der Waals surface area contributed by atoms with Crippen molar-refractivity contribution >= 4 is 18.0 Å². The van der Waals surface area contributed by atoms with Crippen molar-refractivity contribution in [3.63, 3.8) is 0 Å². The highest BCUT2D eigenvalue weighted by atomic mass is 16.6. The predicted octanol–water partition coefficient (Wildman–Crippen LogP) is 9.27. The van der Waals surface area contributed by atoms with Crippen LogP contribution in [0.5, 0.6) is 0 Å². The van der Waals surface area contributed by atoms with Crippen LogP contribution in [0.25, 0.3) is 0 Å². The monoisotopic (exact) mass is 699 g/mol. The van der Waals surface area contributed by atoms with Gasteiger partial charge in [-0.2, -0.15) is 0 Å². The number of hydrogen-bond acceptors (Lipinski definition) is 7. The fraction of sp³-hybridized carbons (Fsp3) is 0.833. The Morgan fingerprint density at radius 3 is 1.84 bits per heavy atom. The van der Waals surface area contributed by atoms with Gasteiger partial charge in [0, 0.05) is 32.6 Å². The molecule has 5 rings (SSSR count). The number of ether oxygens (including phenoxy) is 3. The van der Waals surface area contributed by atoms with E-state index in [0.717, 1.165) is 95.2 Å². The third-order valence-corrected chi connectivity index (χ3v) is 11.6. The Bertz CT molecular complexity index is 1030. The van der Waals surface area contributed by atoms with E-state index in [-0.39, 0.29) is 49.2 Å². The molecule has 1 saturated heterocycles. The van der Waals surface area contributed by atoms with Crippen LogP contribution in [0.3, 0.4) is 0 Å². The van der Waals surface area contributed by atoms with Gasteiger partial charge in [0.25, 0.3) is 0 Å². The lowest BCUT2D eigenvalue weighted by atomic mass is 9.49. The SMILES string of the molecule is CCCCC/C=C\C/C=C\CCCCCCCC(=O)OCC(COC(=O)CC12CC3CC(CC(C3)C1)C2)COC(=O)N1CCN(CCC)CC1. The molecular weight excluding hydrogens is 628 g/mol. The molecule has 0 radical (unpaired) electrons. The molecule has 1 amide bonds. The minimum Gasteiger partial charge on any atom is -0.465 e. The van der Waals surface area contributed by atoms with E-state index in [0.29, 0.717) is 25.9 Å². The molecule has 0 spiro atoms. The number of amides is 1. The fourth-order valence-electron chi connectivity index (χ4n) is 9.33. The zero-order valence-electron chi connectivity index (χ0n) is 31.8. The van der Waals surface area contributed by atoms with E-state index in [1.807, 2.05) is 0 Å². The summed E-state index contributed by atoms with van der Waals surface area (Å²) >= 11 is 0. The van der Waals surface area contributed by atoms with Gasteiger partial charge in [0.1, 0.15) is 19.8 Å². The van der Waals surface area contributed by atoms with Crippen LogP contribution in [0.1, 0.15) is 142 Å². The topological polar surface area (TPSA) is 85.4 Å². The van der Waals surface area contributed by atoms with E-state index in [1.165, 1.54) is 57.8 Å². The molecule has 0 N–H and O–H groups in total. The molecule has 5 aliphatic rings. The van der Waals surface area contributed by atoms with Crippen molar-refractivity contribution in [2.24, 2.45) is 29.1 Å². The summed E-state index contributed by atoms with van der Waals surface area (Å²) < 4.78 is 17.2.